The molecule has 0 spiro atoms. The van der Waals surface area contributed by atoms with E-state index in [1.165, 1.54) is 0 Å². The Morgan fingerprint density at radius 3 is 2.34 bits per heavy atom. The van der Waals surface area contributed by atoms with Crippen LogP contribution in [-0.4, -0.2) is 127 Å². The normalized spacial score (nSPS) is 33.4. The van der Waals surface area contributed by atoms with Crippen molar-refractivity contribution in [3.05, 3.63) is 33.1 Å². The summed E-state index contributed by atoms with van der Waals surface area (Å²) in [7, 11) is -9.49. The Bertz CT molecular complexity index is 1330. The molecule has 0 radical (unpaired) electrons. The number of hydrogen-bond donors (Lipinski definition) is 10. The molecular formula is C21H36N4O17P2. The fraction of sp³-hybridized carbons (Fsp3) is 0.762. The van der Waals surface area contributed by atoms with Gasteiger partial charge in [0.05, 0.1) is 13.2 Å². The van der Waals surface area contributed by atoms with E-state index < -0.39 is 101 Å². The van der Waals surface area contributed by atoms with Crippen molar-refractivity contribution in [1.29, 1.82) is 0 Å². The molecule has 0 aliphatic carbocycles. The van der Waals surface area contributed by atoms with E-state index >= 15 is 0 Å². The highest BCUT2D eigenvalue weighted by Gasteiger charge is 2.50. The molecule has 2 aliphatic heterocycles. The summed E-state index contributed by atoms with van der Waals surface area (Å²) >= 11 is 0. The molecule has 1 aromatic heterocycles. The number of nitrogens with zero attached hydrogens (tertiary/aromatic N) is 1. The Morgan fingerprint density at radius 1 is 1.02 bits per heavy atom. The summed E-state index contributed by atoms with van der Waals surface area (Å²) in [6.07, 6.45) is -12.1. The molecule has 11 unspecified atom stereocenters. The van der Waals surface area contributed by atoms with Gasteiger partial charge in [0.25, 0.3) is 5.56 Å². The number of rotatable bonds is 15. The Labute approximate surface area is 248 Å². The van der Waals surface area contributed by atoms with Crippen molar-refractivity contribution < 1.29 is 72.1 Å². The molecule has 11 atom stereocenters. The second-order valence-corrected chi connectivity index (χ2v) is 12.8. The summed E-state index contributed by atoms with van der Waals surface area (Å²) < 4.78 is 50.0. The number of aromatic nitrogens is 2. The van der Waals surface area contributed by atoms with Gasteiger partial charge in [0.2, 0.25) is 5.91 Å². The van der Waals surface area contributed by atoms with Crippen LogP contribution in [0.3, 0.4) is 0 Å². The smallest absolute Gasteiger partial charge is 0.394 e. The van der Waals surface area contributed by atoms with Gasteiger partial charge in [-0.3, -0.25) is 28.2 Å². The van der Waals surface area contributed by atoms with Gasteiger partial charge in [-0.2, -0.15) is 4.31 Å². The average Bonchev–Trinajstić information content (AvgIpc) is 3.22. The summed E-state index contributed by atoms with van der Waals surface area (Å²) in [5, 5.41) is 55.8. The molecule has 252 valence electrons. The van der Waals surface area contributed by atoms with Crippen molar-refractivity contribution in [1.82, 2.24) is 20.2 Å². The van der Waals surface area contributed by atoms with Gasteiger partial charge in [0, 0.05) is 18.7 Å². The number of amides is 1. The highest BCUT2D eigenvalue weighted by Crippen LogP contribution is 2.61. The molecule has 44 heavy (non-hydrogen) atoms. The number of hydrogen-bond acceptors (Lipinski definition) is 16. The van der Waals surface area contributed by atoms with Gasteiger partial charge in [0.1, 0.15) is 42.7 Å². The first kappa shape index (κ1) is 36.6. The summed E-state index contributed by atoms with van der Waals surface area (Å²) in [5.74, 6) is -0.665. The molecule has 3 heterocycles. The predicted octanol–water partition coefficient (Wildman–Crippen LogP) is -4.28. The van der Waals surface area contributed by atoms with Crippen LogP contribution >= 0.6 is 15.6 Å². The second kappa shape index (κ2) is 15.6. The number of unbranched alkanes of at least 4 members (excludes halogenated alkanes) is 1. The van der Waals surface area contributed by atoms with Gasteiger partial charge in [-0.15, -0.1) is 0 Å². The van der Waals surface area contributed by atoms with Crippen molar-refractivity contribution in [3.63, 3.8) is 0 Å². The third-order valence-electron chi connectivity index (χ3n) is 6.60. The molecule has 1 amide bonds. The van der Waals surface area contributed by atoms with Gasteiger partial charge >= 0.3 is 21.3 Å². The van der Waals surface area contributed by atoms with Crippen LogP contribution in [0.15, 0.2) is 21.9 Å². The van der Waals surface area contributed by atoms with Crippen LogP contribution in [0, 0.1) is 0 Å². The Hall–Kier alpha value is -1.91. The molecule has 23 heteroatoms. The number of carbonyl (C=O) groups excluding carboxylic acids is 1. The summed E-state index contributed by atoms with van der Waals surface area (Å²) in [5.41, 5.74) is -1.75. The highest BCUT2D eigenvalue weighted by molar-refractivity contribution is 7.61. The lowest BCUT2D eigenvalue weighted by atomic mass is 9.97. The van der Waals surface area contributed by atoms with Crippen LogP contribution in [0.2, 0.25) is 0 Å². The summed E-state index contributed by atoms with van der Waals surface area (Å²) in [6.45, 7) is -1.32. The molecule has 21 nitrogen and oxygen atoms in total. The first-order valence-corrected chi connectivity index (χ1v) is 16.2. The number of nitrogens with one attached hydrogen (secondary N) is 3. The largest absolute Gasteiger partial charge is 0.483 e. The van der Waals surface area contributed by atoms with Gasteiger partial charge < -0.3 is 55.4 Å². The number of H-pyrrole nitrogens is 1. The lowest BCUT2D eigenvalue weighted by molar-refractivity contribution is -0.248. The second-order valence-electron chi connectivity index (χ2n) is 9.84. The molecule has 0 saturated carbocycles. The topological polar surface area (TPSA) is 318 Å². The number of ether oxygens (including phenoxy) is 2. The molecule has 2 fully saturated rings. The Kier molecular flexibility index (Phi) is 13.0. The van der Waals surface area contributed by atoms with E-state index in [0.29, 0.717) is 19.4 Å². The van der Waals surface area contributed by atoms with Crippen LogP contribution < -0.4 is 21.9 Å². The molecular weight excluding hydrogens is 642 g/mol. The molecule has 0 aromatic carbocycles. The van der Waals surface area contributed by atoms with E-state index in [1.54, 1.807) is 7.05 Å². The summed E-state index contributed by atoms with van der Waals surface area (Å²) in [4.78, 5) is 57.8. The third-order valence-corrected chi connectivity index (χ3v) is 9.20. The standard InChI is InChI=1S/C21H36N4O17P2/c1-22-6-3-2-4-12(27)23-14-17(31)15(29)10(8-26)40-20(14)41-44(36,37)42-43(34,35)38-9-11-16(30)18(32)19(39-11)25-7-5-13(28)24-21(25)33/h5,7,10-11,14-20,22,26,29-32H,2-4,6,8-9H2,1H3,(H,23,27)(H,34,35)(H,36,37)(H,24,28,33). The SMILES string of the molecule is CNCCCCC(=O)NC1C(OP(=O)(O)OP(=O)(O)OCC2OC(n3ccc(=O)[nH]c3=O)C(O)C2O)OC(CO)C(O)C1O. The zero-order valence-corrected chi connectivity index (χ0v) is 24.9. The van der Waals surface area contributed by atoms with E-state index in [1.807, 2.05) is 4.98 Å². The minimum absolute atomic E-state index is 0.0500. The lowest BCUT2D eigenvalue weighted by Crippen LogP contribution is -2.64. The minimum atomic E-state index is -5.67. The van der Waals surface area contributed by atoms with E-state index in [-0.39, 0.29) is 6.42 Å². The van der Waals surface area contributed by atoms with Crippen molar-refractivity contribution in [2.24, 2.45) is 0 Å². The van der Waals surface area contributed by atoms with Crippen molar-refractivity contribution in [3.8, 4) is 0 Å². The maximum atomic E-state index is 12.7. The monoisotopic (exact) mass is 678 g/mol. The van der Waals surface area contributed by atoms with Crippen molar-refractivity contribution in [2.75, 3.05) is 26.8 Å². The fourth-order valence-corrected chi connectivity index (χ4v) is 6.53. The van der Waals surface area contributed by atoms with E-state index in [4.69, 9.17) is 14.0 Å². The number of phosphoric acid groups is 2. The number of phosphoric ester groups is 2. The van der Waals surface area contributed by atoms with Crippen molar-refractivity contribution in [2.45, 2.75) is 74.4 Å². The van der Waals surface area contributed by atoms with Crippen LogP contribution in [0.25, 0.3) is 0 Å². The number of aliphatic hydroxyl groups excluding tert-OH is 5. The molecule has 2 aliphatic rings. The quantitative estimate of drug-likeness (QED) is 0.0620. The third kappa shape index (κ3) is 9.55. The maximum absolute atomic E-state index is 12.7. The molecule has 0 bridgehead atoms. The first-order chi connectivity index (χ1) is 20.6. The average molecular weight is 678 g/mol. The summed E-state index contributed by atoms with van der Waals surface area (Å²) in [6, 6.07) is -0.772. The fourth-order valence-electron chi connectivity index (χ4n) is 4.37. The van der Waals surface area contributed by atoms with Gasteiger partial charge in [-0.05, 0) is 26.4 Å². The van der Waals surface area contributed by atoms with E-state index in [0.717, 1.165) is 16.8 Å². The molecule has 1 aromatic rings. The first-order valence-electron chi connectivity index (χ1n) is 13.2. The zero-order valence-electron chi connectivity index (χ0n) is 23.1. The maximum Gasteiger partial charge on any atom is 0.483 e. The number of carbonyl (C=O) groups is 1. The highest BCUT2D eigenvalue weighted by atomic mass is 31.3. The van der Waals surface area contributed by atoms with Crippen LogP contribution in [0.5, 0.6) is 0 Å². The molecule has 2 saturated heterocycles. The lowest BCUT2D eigenvalue weighted by Gasteiger charge is -2.42. The van der Waals surface area contributed by atoms with Crippen LogP contribution in [-0.2, 0) is 36.8 Å². The number of aliphatic hydroxyl groups is 5. The Morgan fingerprint density at radius 2 is 1.70 bits per heavy atom. The minimum Gasteiger partial charge on any atom is -0.394 e. The van der Waals surface area contributed by atoms with Gasteiger partial charge in [-0.25, -0.2) is 13.9 Å². The van der Waals surface area contributed by atoms with Gasteiger partial charge in [0.15, 0.2) is 12.5 Å². The Balaban J connectivity index is 1.64. The van der Waals surface area contributed by atoms with Gasteiger partial charge in [-0.1, -0.05) is 0 Å². The van der Waals surface area contributed by atoms with Crippen LogP contribution in [0.1, 0.15) is 25.5 Å². The number of aromatic amines is 1. The zero-order chi connectivity index (χ0) is 32.8. The van der Waals surface area contributed by atoms with E-state index in [2.05, 4.69) is 19.5 Å². The molecule has 10 N–H and O–H groups in total. The van der Waals surface area contributed by atoms with E-state index in [9.17, 15) is 58.8 Å². The van der Waals surface area contributed by atoms with Crippen molar-refractivity contribution >= 4 is 21.6 Å². The molecule has 3 rings (SSSR count). The van der Waals surface area contributed by atoms with Crippen LogP contribution in [0.4, 0.5) is 0 Å². The predicted molar refractivity (Wildman–Crippen MR) is 142 cm³/mol.